The largest absolute Gasteiger partial charge is 0.493 e. The number of ether oxygens (including phenoxy) is 2. The maximum atomic E-state index is 12.4. The maximum Gasteiger partial charge on any atom is 0.309 e. The second-order valence-corrected chi connectivity index (χ2v) is 7.86. The van der Waals surface area contributed by atoms with Gasteiger partial charge in [-0.05, 0) is 56.2 Å². The Labute approximate surface area is 191 Å². The summed E-state index contributed by atoms with van der Waals surface area (Å²) in [5.41, 5.74) is 2.37. The van der Waals surface area contributed by atoms with Crippen LogP contribution in [0.15, 0.2) is 60.7 Å². The number of Topliss-reactive ketones (excluding diaryl/α,β-unsaturated/α-hetero) is 1. The molecule has 0 saturated heterocycles. The molecule has 1 fully saturated rings. The number of nitrogens with one attached hydrogen (secondary N) is 1. The van der Waals surface area contributed by atoms with Crippen molar-refractivity contribution >= 4 is 23.5 Å². The first-order valence-corrected chi connectivity index (χ1v) is 10.8. The molecule has 0 atom stereocenters. The fourth-order valence-corrected chi connectivity index (χ4v) is 3.27. The second kappa shape index (κ2) is 10.1. The van der Waals surface area contributed by atoms with E-state index in [-0.39, 0.29) is 18.8 Å². The molecule has 1 heterocycles. The average molecular weight is 447 g/mol. The monoisotopic (exact) mass is 447 g/mol. The number of ketones is 1. The summed E-state index contributed by atoms with van der Waals surface area (Å²) in [6.07, 6.45) is 2.19. The quantitative estimate of drug-likeness (QED) is 0.374. The van der Waals surface area contributed by atoms with Gasteiger partial charge in [0.15, 0.2) is 12.4 Å². The molecule has 1 aliphatic carbocycles. The maximum absolute atomic E-state index is 12.4. The number of benzene rings is 2. The summed E-state index contributed by atoms with van der Waals surface area (Å²) in [5, 5.41) is 7.42. The van der Waals surface area contributed by atoms with E-state index in [0.717, 1.165) is 24.2 Å². The van der Waals surface area contributed by atoms with Crippen LogP contribution in [0.3, 0.4) is 0 Å². The Balaban J connectivity index is 1.25. The van der Waals surface area contributed by atoms with Crippen LogP contribution < -0.4 is 10.1 Å². The van der Waals surface area contributed by atoms with Crippen molar-refractivity contribution in [2.75, 3.05) is 18.5 Å². The zero-order chi connectivity index (χ0) is 23.2. The zero-order valence-electron chi connectivity index (χ0n) is 18.3. The Hall–Kier alpha value is -3.94. The van der Waals surface area contributed by atoms with Gasteiger partial charge in [0.25, 0.3) is 5.91 Å². The molecular formula is C25H25N3O5. The van der Waals surface area contributed by atoms with Crippen LogP contribution in [0, 0.1) is 0 Å². The van der Waals surface area contributed by atoms with Crippen LogP contribution in [0.2, 0.25) is 0 Å². The number of hydrogen-bond donors (Lipinski definition) is 1. The van der Waals surface area contributed by atoms with Crippen LogP contribution in [0.25, 0.3) is 5.69 Å². The predicted molar refractivity (Wildman–Crippen MR) is 122 cm³/mol. The van der Waals surface area contributed by atoms with Gasteiger partial charge < -0.3 is 14.8 Å². The fourth-order valence-electron chi connectivity index (χ4n) is 3.27. The molecular weight excluding hydrogens is 422 g/mol. The molecule has 0 aliphatic heterocycles. The van der Waals surface area contributed by atoms with Crippen LogP contribution in [0.5, 0.6) is 5.75 Å². The highest BCUT2D eigenvalue weighted by Gasteiger charge is 2.28. The lowest BCUT2D eigenvalue weighted by atomic mass is 10.1. The summed E-state index contributed by atoms with van der Waals surface area (Å²) >= 11 is 0. The topological polar surface area (TPSA) is 99.5 Å². The van der Waals surface area contributed by atoms with Crippen molar-refractivity contribution in [2.24, 2.45) is 0 Å². The van der Waals surface area contributed by atoms with Gasteiger partial charge in [-0.1, -0.05) is 18.2 Å². The van der Waals surface area contributed by atoms with E-state index in [0.29, 0.717) is 23.0 Å². The lowest BCUT2D eigenvalue weighted by Gasteiger charge is -2.10. The van der Waals surface area contributed by atoms with Gasteiger partial charge in [0.2, 0.25) is 0 Å². The van der Waals surface area contributed by atoms with Crippen LogP contribution in [0.4, 0.5) is 5.82 Å². The van der Waals surface area contributed by atoms with E-state index >= 15 is 0 Å². The Morgan fingerprint density at radius 1 is 1.06 bits per heavy atom. The zero-order valence-corrected chi connectivity index (χ0v) is 18.3. The number of nitrogens with zero attached hydrogens (tertiary/aromatic N) is 2. The predicted octanol–water partition coefficient (Wildman–Crippen LogP) is 3.90. The van der Waals surface area contributed by atoms with Crippen molar-refractivity contribution in [3.8, 4) is 11.4 Å². The normalized spacial score (nSPS) is 12.8. The molecule has 8 heteroatoms. The van der Waals surface area contributed by atoms with Gasteiger partial charge in [-0.15, -0.1) is 0 Å². The third kappa shape index (κ3) is 6.06. The molecule has 0 unspecified atom stereocenters. The molecule has 2 aromatic carbocycles. The van der Waals surface area contributed by atoms with Crippen molar-refractivity contribution in [1.82, 2.24) is 9.78 Å². The Morgan fingerprint density at radius 2 is 1.79 bits per heavy atom. The van der Waals surface area contributed by atoms with Crippen LogP contribution in [0.1, 0.15) is 48.2 Å². The summed E-state index contributed by atoms with van der Waals surface area (Å²) in [4.78, 5) is 35.7. The third-order valence-corrected chi connectivity index (χ3v) is 5.19. The number of anilines is 1. The van der Waals surface area contributed by atoms with Crippen molar-refractivity contribution in [3.05, 3.63) is 71.9 Å². The van der Waals surface area contributed by atoms with E-state index < -0.39 is 18.5 Å². The number of hydrogen-bond acceptors (Lipinski definition) is 6. The third-order valence-electron chi connectivity index (χ3n) is 5.19. The summed E-state index contributed by atoms with van der Waals surface area (Å²) in [5.74, 6) is 0.512. The van der Waals surface area contributed by atoms with Crippen molar-refractivity contribution in [2.45, 2.75) is 32.1 Å². The highest BCUT2D eigenvalue weighted by atomic mass is 16.5. The number of para-hydroxylation sites is 1. The van der Waals surface area contributed by atoms with Gasteiger partial charge in [0.1, 0.15) is 11.6 Å². The molecule has 1 aromatic heterocycles. The molecule has 1 aliphatic rings. The average Bonchev–Trinajstić information content (AvgIpc) is 3.59. The highest BCUT2D eigenvalue weighted by Crippen LogP contribution is 2.40. The molecule has 4 rings (SSSR count). The van der Waals surface area contributed by atoms with Crippen LogP contribution in [-0.2, 0) is 14.3 Å². The first-order chi connectivity index (χ1) is 16.0. The van der Waals surface area contributed by atoms with E-state index in [4.69, 9.17) is 9.47 Å². The van der Waals surface area contributed by atoms with Crippen molar-refractivity contribution in [3.63, 3.8) is 0 Å². The summed E-state index contributed by atoms with van der Waals surface area (Å²) < 4.78 is 12.2. The molecule has 8 nitrogen and oxygen atoms in total. The molecule has 0 bridgehead atoms. The second-order valence-electron chi connectivity index (χ2n) is 7.86. The van der Waals surface area contributed by atoms with Gasteiger partial charge in [0, 0.05) is 17.5 Å². The number of rotatable bonds is 10. The smallest absolute Gasteiger partial charge is 0.309 e. The summed E-state index contributed by atoms with van der Waals surface area (Å²) in [7, 11) is 0. The van der Waals surface area contributed by atoms with Gasteiger partial charge in [-0.25, -0.2) is 4.68 Å². The molecule has 3 aromatic rings. The van der Waals surface area contributed by atoms with E-state index in [1.165, 1.54) is 6.92 Å². The molecule has 33 heavy (non-hydrogen) atoms. The Kier molecular flexibility index (Phi) is 6.83. The number of carbonyl (C=O) groups excluding carboxylic acids is 3. The van der Waals surface area contributed by atoms with Crippen molar-refractivity contribution in [1.29, 1.82) is 0 Å². The minimum absolute atomic E-state index is 0.00445. The Bertz CT molecular complexity index is 1130. The first kappa shape index (κ1) is 22.3. The molecule has 0 radical (unpaired) electrons. The summed E-state index contributed by atoms with van der Waals surface area (Å²) in [6, 6.07) is 18.1. The van der Waals surface area contributed by atoms with Gasteiger partial charge in [-0.3, -0.25) is 14.4 Å². The lowest BCUT2D eigenvalue weighted by Crippen LogP contribution is -2.23. The number of carbonyl (C=O) groups is 3. The molecule has 1 amide bonds. The number of esters is 1. The van der Waals surface area contributed by atoms with Crippen LogP contribution in [-0.4, -0.2) is 40.7 Å². The minimum Gasteiger partial charge on any atom is -0.493 e. The van der Waals surface area contributed by atoms with E-state index in [1.807, 2.05) is 36.4 Å². The van der Waals surface area contributed by atoms with Crippen molar-refractivity contribution < 1.29 is 23.9 Å². The highest BCUT2D eigenvalue weighted by molar-refractivity contribution is 5.94. The first-order valence-electron chi connectivity index (χ1n) is 10.8. The number of amides is 1. The van der Waals surface area contributed by atoms with E-state index in [9.17, 15) is 14.4 Å². The van der Waals surface area contributed by atoms with E-state index in [2.05, 4.69) is 10.4 Å². The molecule has 1 saturated carbocycles. The molecule has 1 N–H and O–H groups in total. The SMILES string of the molecule is CC(=O)c1ccc(OCCC(=O)OCC(=O)Nc2cc(C3CC3)nn2-c2ccccc2)cc1. The standard InChI is InChI=1S/C25H25N3O5/c1-17(29)18-9-11-21(12-10-18)32-14-13-25(31)33-16-24(30)26-23-15-22(19-7-8-19)27-28(23)20-5-3-2-4-6-20/h2-6,9-12,15,19H,7-8,13-14,16H2,1H3,(H,26,30). The van der Waals surface area contributed by atoms with Gasteiger partial charge in [-0.2, -0.15) is 5.10 Å². The molecule has 0 spiro atoms. The summed E-state index contributed by atoms with van der Waals surface area (Å²) in [6.45, 7) is 1.19. The van der Waals surface area contributed by atoms with E-state index in [1.54, 1.807) is 28.9 Å². The fraction of sp³-hybridized carbons (Fsp3) is 0.280. The molecule has 170 valence electrons. The number of aromatic nitrogens is 2. The van der Waals surface area contributed by atoms with Crippen LogP contribution >= 0.6 is 0 Å². The van der Waals surface area contributed by atoms with Gasteiger partial charge >= 0.3 is 5.97 Å². The lowest BCUT2D eigenvalue weighted by molar-refractivity contribution is -0.147. The Morgan fingerprint density at radius 3 is 2.45 bits per heavy atom. The minimum atomic E-state index is -0.541. The van der Waals surface area contributed by atoms with Gasteiger partial charge in [0.05, 0.1) is 24.4 Å².